The number of carbonyl (C=O) groups is 1. The largest absolute Gasteiger partial charge is 0.435 e. The number of aryl methyl sites for hydroxylation is 1. The van der Waals surface area contributed by atoms with Crippen LogP contribution in [0.2, 0.25) is 0 Å². The van der Waals surface area contributed by atoms with Crippen LogP contribution in [0.15, 0.2) is 40.8 Å². The first-order chi connectivity index (χ1) is 11.7. The van der Waals surface area contributed by atoms with Gasteiger partial charge in [-0.2, -0.15) is 0 Å². The van der Waals surface area contributed by atoms with Gasteiger partial charge < -0.3 is 14.1 Å². The molecular formula is C18H17N3O3. The zero-order valence-electron chi connectivity index (χ0n) is 13.4. The third kappa shape index (κ3) is 2.76. The van der Waals surface area contributed by atoms with Crippen molar-refractivity contribution < 1.29 is 13.9 Å². The van der Waals surface area contributed by atoms with E-state index in [9.17, 15) is 4.79 Å². The molecule has 2 aromatic heterocycles. The third-order valence-corrected chi connectivity index (χ3v) is 4.04. The highest BCUT2D eigenvalue weighted by atomic mass is 16.5. The van der Waals surface area contributed by atoms with Crippen molar-refractivity contribution in [3.8, 4) is 11.6 Å². The van der Waals surface area contributed by atoms with Gasteiger partial charge in [0.2, 0.25) is 5.89 Å². The van der Waals surface area contributed by atoms with E-state index < -0.39 is 0 Å². The van der Waals surface area contributed by atoms with Crippen molar-refractivity contribution in [1.82, 2.24) is 14.9 Å². The summed E-state index contributed by atoms with van der Waals surface area (Å²) < 4.78 is 11.1. The van der Waals surface area contributed by atoms with Crippen LogP contribution in [0.25, 0.3) is 22.7 Å². The normalized spacial score (nSPS) is 15.0. The molecule has 0 aliphatic carbocycles. The maximum Gasteiger partial charge on any atom is 0.254 e. The smallest absolute Gasteiger partial charge is 0.254 e. The number of oxazole rings is 1. The minimum absolute atomic E-state index is 0.00756. The molecule has 4 rings (SSSR count). The Morgan fingerprint density at radius 2 is 1.96 bits per heavy atom. The lowest BCUT2D eigenvalue weighted by Gasteiger charge is -2.26. The van der Waals surface area contributed by atoms with E-state index in [0.29, 0.717) is 54.6 Å². The summed E-state index contributed by atoms with van der Waals surface area (Å²) in [5.41, 5.74) is 3.49. The molecule has 6 nitrogen and oxygen atoms in total. The number of benzene rings is 1. The summed E-state index contributed by atoms with van der Waals surface area (Å²) in [6, 6.07) is 11.0. The standard InChI is InChI=1S/C18H17N3O3/c1-12-3-2-4-15(19-12)17-20-14-6-5-13(11-16(14)24-17)18(22)21-7-9-23-10-8-21/h2-6,11H,7-10H2,1H3. The van der Waals surface area contributed by atoms with Gasteiger partial charge in [-0.3, -0.25) is 4.79 Å². The lowest BCUT2D eigenvalue weighted by atomic mass is 10.1. The number of fused-ring (bicyclic) bond motifs is 1. The van der Waals surface area contributed by atoms with Gasteiger partial charge in [0.1, 0.15) is 11.2 Å². The Labute approximate surface area is 139 Å². The number of rotatable bonds is 2. The quantitative estimate of drug-likeness (QED) is 0.725. The van der Waals surface area contributed by atoms with E-state index in [4.69, 9.17) is 9.15 Å². The van der Waals surface area contributed by atoms with Crippen molar-refractivity contribution in [2.24, 2.45) is 0 Å². The van der Waals surface area contributed by atoms with Gasteiger partial charge in [0.05, 0.1) is 13.2 Å². The zero-order chi connectivity index (χ0) is 16.5. The van der Waals surface area contributed by atoms with E-state index in [2.05, 4.69) is 9.97 Å². The molecule has 0 atom stereocenters. The molecule has 0 N–H and O–H groups in total. The topological polar surface area (TPSA) is 68.5 Å². The van der Waals surface area contributed by atoms with Gasteiger partial charge in [-0.05, 0) is 37.3 Å². The predicted molar refractivity (Wildman–Crippen MR) is 88.7 cm³/mol. The lowest BCUT2D eigenvalue weighted by Crippen LogP contribution is -2.40. The summed E-state index contributed by atoms with van der Waals surface area (Å²) in [7, 11) is 0. The van der Waals surface area contributed by atoms with E-state index in [1.54, 1.807) is 17.0 Å². The highest BCUT2D eigenvalue weighted by Crippen LogP contribution is 2.24. The number of ether oxygens (including phenoxy) is 1. The van der Waals surface area contributed by atoms with Crippen LogP contribution in [0.1, 0.15) is 16.1 Å². The van der Waals surface area contributed by atoms with Crippen LogP contribution in [-0.2, 0) is 4.74 Å². The van der Waals surface area contributed by atoms with Crippen LogP contribution in [0, 0.1) is 6.92 Å². The van der Waals surface area contributed by atoms with E-state index >= 15 is 0 Å². The molecule has 0 bridgehead atoms. The number of amides is 1. The maximum atomic E-state index is 12.6. The molecule has 1 aliphatic heterocycles. The van der Waals surface area contributed by atoms with Crippen LogP contribution in [0.4, 0.5) is 0 Å². The SMILES string of the molecule is Cc1cccc(-c2nc3ccc(C(=O)N4CCOCC4)cc3o2)n1. The average Bonchev–Trinajstić information content (AvgIpc) is 3.05. The highest BCUT2D eigenvalue weighted by molar-refractivity contribution is 5.97. The molecule has 3 aromatic rings. The fourth-order valence-corrected chi connectivity index (χ4v) is 2.78. The number of nitrogens with zero attached hydrogens (tertiary/aromatic N) is 3. The molecule has 1 amide bonds. The molecule has 1 saturated heterocycles. The summed E-state index contributed by atoms with van der Waals surface area (Å²) in [5.74, 6) is 0.455. The molecule has 0 saturated carbocycles. The molecule has 24 heavy (non-hydrogen) atoms. The minimum Gasteiger partial charge on any atom is -0.435 e. The molecule has 0 unspecified atom stereocenters. The Bertz CT molecular complexity index is 897. The zero-order valence-corrected chi connectivity index (χ0v) is 13.4. The van der Waals surface area contributed by atoms with Crippen molar-refractivity contribution >= 4 is 17.0 Å². The van der Waals surface area contributed by atoms with Crippen molar-refractivity contribution in [2.75, 3.05) is 26.3 Å². The van der Waals surface area contributed by atoms with Crippen molar-refractivity contribution in [3.05, 3.63) is 47.7 Å². The highest BCUT2D eigenvalue weighted by Gasteiger charge is 2.20. The second-order valence-electron chi connectivity index (χ2n) is 5.77. The fourth-order valence-electron chi connectivity index (χ4n) is 2.78. The maximum absolute atomic E-state index is 12.6. The van der Waals surface area contributed by atoms with Gasteiger partial charge >= 0.3 is 0 Å². The number of aromatic nitrogens is 2. The Hall–Kier alpha value is -2.73. The van der Waals surface area contributed by atoms with Gasteiger partial charge in [0, 0.05) is 24.3 Å². The average molecular weight is 323 g/mol. The molecule has 0 radical (unpaired) electrons. The molecule has 1 aliphatic rings. The monoisotopic (exact) mass is 323 g/mol. The summed E-state index contributed by atoms with van der Waals surface area (Å²) in [4.78, 5) is 23.2. The van der Waals surface area contributed by atoms with Crippen molar-refractivity contribution in [1.29, 1.82) is 0 Å². The number of pyridine rings is 1. The Morgan fingerprint density at radius 1 is 1.12 bits per heavy atom. The predicted octanol–water partition coefficient (Wildman–Crippen LogP) is 2.67. The van der Waals surface area contributed by atoms with Crippen LogP contribution in [0.3, 0.4) is 0 Å². The lowest BCUT2D eigenvalue weighted by molar-refractivity contribution is 0.0303. The van der Waals surface area contributed by atoms with E-state index in [-0.39, 0.29) is 5.91 Å². The molecule has 0 spiro atoms. The molecule has 122 valence electrons. The fraction of sp³-hybridized carbons (Fsp3) is 0.278. The molecule has 1 fully saturated rings. The number of hydrogen-bond acceptors (Lipinski definition) is 5. The first kappa shape index (κ1) is 14.8. The second kappa shape index (κ2) is 6.05. The molecule has 3 heterocycles. The van der Waals surface area contributed by atoms with E-state index in [1.807, 2.05) is 31.2 Å². The summed E-state index contributed by atoms with van der Waals surface area (Å²) in [6.45, 7) is 4.32. The summed E-state index contributed by atoms with van der Waals surface area (Å²) >= 11 is 0. The first-order valence-corrected chi connectivity index (χ1v) is 7.92. The summed E-state index contributed by atoms with van der Waals surface area (Å²) in [6.07, 6.45) is 0. The molecular weight excluding hydrogens is 306 g/mol. The van der Waals surface area contributed by atoms with E-state index in [1.165, 1.54) is 0 Å². The Balaban J connectivity index is 1.67. The van der Waals surface area contributed by atoms with Crippen LogP contribution >= 0.6 is 0 Å². The van der Waals surface area contributed by atoms with Crippen molar-refractivity contribution in [2.45, 2.75) is 6.92 Å². The molecule has 1 aromatic carbocycles. The van der Waals surface area contributed by atoms with Gasteiger partial charge in [0.15, 0.2) is 5.58 Å². The van der Waals surface area contributed by atoms with Gasteiger partial charge in [-0.15, -0.1) is 0 Å². The Morgan fingerprint density at radius 3 is 2.75 bits per heavy atom. The van der Waals surface area contributed by atoms with Crippen molar-refractivity contribution in [3.63, 3.8) is 0 Å². The second-order valence-corrected chi connectivity index (χ2v) is 5.77. The summed E-state index contributed by atoms with van der Waals surface area (Å²) in [5, 5.41) is 0. The van der Waals surface area contributed by atoms with Gasteiger partial charge in [0.25, 0.3) is 5.91 Å². The number of morpholine rings is 1. The number of hydrogen-bond donors (Lipinski definition) is 0. The van der Waals surface area contributed by atoms with E-state index in [0.717, 1.165) is 5.69 Å². The first-order valence-electron chi connectivity index (χ1n) is 7.92. The number of carbonyl (C=O) groups excluding carboxylic acids is 1. The Kier molecular flexibility index (Phi) is 3.74. The molecule has 6 heteroatoms. The van der Waals surface area contributed by atoms with Crippen LogP contribution < -0.4 is 0 Å². The minimum atomic E-state index is -0.00756. The third-order valence-electron chi connectivity index (χ3n) is 4.04. The van der Waals surface area contributed by atoms with Crippen LogP contribution in [0.5, 0.6) is 0 Å². The van der Waals surface area contributed by atoms with Gasteiger partial charge in [-0.25, -0.2) is 9.97 Å². The van der Waals surface area contributed by atoms with Crippen LogP contribution in [-0.4, -0.2) is 47.1 Å². The van der Waals surface area contributed by atoms with Gasteiger partial charge in [-0.1, -0.05) is 6.07 Å².